The average molecular weight is 297 g/mol. The molecule has 1 aliphatic heterocycles. The molecule has 2 aromatic rings. The summed E-state index contributed by atoms with van der Waals surface area (Å²) in [6, 6.07) is 7.52. The number of aryl methyl sites for hydroxylation is 1. The number of fused-ring (bicyclic) bond motifs is 1. The highest BCUT2D eigenvalue weighted by Crippen LogP contribution is 2.30. The molecule has 0 amide bonds. The van der Waals surface area contributed by atoms with Crippen molar-refractivity contribution >= 4 is 10.9 Å². The number of rotatable bonds is 2. The van der Waals surface area contributed by atoms with E-state index in [0.29, 0.717) is 11.9 Å². The van der Waals surface area contributed by atoms with Gasteiger partial charge in [0, 0.05) is 11.1 Å². The predicted molar refractivity (Wildman–Crippen MR) is 90.1 cm³/mol. The Bertz CT molecular complexity index is 828. The maximum absolute atomic E-state index is 12.8. The Labute approximate surface area is 130 Å². The number of nitrogens with one attached hydrogen (secondary N) is 1. The highest BCUT2D eigenvalue weighted by atomic mass is 16.1. The lowest BCUT2D eigenvalue weighted by Gasteiger charge is -2.28. The minimum Gasteiger partial charge on any atom is -0.300 e. The molecule has 0 radical (unpaired) electrons. The first-order valence-corrected chi connectivity index (χ1v) is 7.67. The maximum Gasteiger partial charge on any atom is 0.261 e. The van der Waals surface area contributed by atoms with Gasteiger partial charge in [-0.05, 0) is 52.3 Å². The van der Waals surface area contributed by atoms with Crippen molar-refractivity contribution in [3.8, 4) is 0 Å². The van der Waals surface area contributed by atoms with Gasteiger partial charge in [-0.15, -0.1) is 0 Å². The van der Waals surface area contributed by atoms with Gasteiger partial charge in [0.05, 0.1) is 17.4 Å². The standard InChI is InChI=1S/C18H23N3O/c1-12-19-15-9-7-6-8-14(15)16(22)21(12)11-13-10-17(2,3)20-18(13,4)5/h6-10,20H,11H2,1-5H3. The molecule has 3 rings (SSSR count). The molecule has 1 aromatic heterocycles. The largest absolute Gasteiger partial charge is 0.300 e. The number of hydrogen-bond acceptors (Lipinski definition) is 3. The summed E-state index contributed by atoms with van der Waals surface area (Å²) in [5.74, 6) is 0.755. The normalized spacial score (nSPS) is 19.4. The zero-order valence-corrected chi connectivity index (χ0v) is 13.9. The molecule has 0 unspecified atom stereocenters. The van der Waals surface area contributed by atoms with Crippen molar-refractivity contribution < 1.29 is 0 Å². The molecule has 4 nitrogen and oxygen atoms in total. The molecular formula is C18H23N3O. The SMILES string of the molecule is Cc1nc2ccccc2c(=O)n1CC1=CC(C)(C)NC1(C)C. The van der Waals surface area contributed by atoms with Crippen LogP contribution in [0.3, 0.4) is 0 Å². The van der Waals surface area contributed by atoms with Crippen LogP contribution >= 0.6 is 0 Å². The number of aromatic nitrogens is 2. The van der Waals surface area contributed by atoms with Crippen LogP contribution in [0.4, 0.5) is 0 Å². The van der Waals surface area contributed by atoms with E-state index in [4.69, 9.17) is 0 Å². The molecule has 0 saturated heterocycles. The van der Waals surface area contributed by atoms with E-state index < -0.39 is 0 Å². The van der Waals surface area contributed by atoms with E-state index in [1.807, 2.05) is 31.2 Å². The van der Waals surface area contributed by atoms with Gasteiger partial charge in [-0.1, -0.05) is 18.2 Å². The number of nitrogens with zero attached hydrogens (tertiary/aromatic N) is 2. The maximum atomic E-state index is 12.8. The molecule has 0 aliphatic carbocycles. The molecule has 0 fully saturated rings. The summed E-state index contributed by atoms with van der Waals surface area (Å²) in [7, 11) is 0. The average Bonchev–Trinajstić information content (AvgIpc) is 2.62. The Morgan fingerprint density at radius 3 is 2.50 bits per heavy atom. The molecule has 0 bridgehead atoms. The first-order chi connectivity index (χ1) is 10.2. The van der Waals surface area contributed by atoms with E-state index in [0.717, 1.165) is 11.3 Å². The third-order valence-corrected chi connectivity index (χ3v) is 4.35. The second-order valence-electron chi connectivity index (χ2n) is 7.21. The summed E-state index contributed by atoms with van der Waals surface area (Å²) in [5.41, 5.74) is 1.84. The predicted octanol–water partition coefficient (Wildman–Crippen LogP) is 2.79. The third-order valence-electron chi connectivity index (χ3n) is 4.35. The first-order valence-electron chi connectivity index (χ1n) is 7.67. The molecule has 4 heteroatoms. The van der Waals surface area contributed by atoms with E-state index in [-0.39, 0.29) is 16.6 Å². The Hall–Kier alpha value is -1.94. The summed E-state index contributed by atoms with van der Waals surface area (Å²) in [6.45, 7) is 11.1. The summed E-state index contributed by atoms with van der Waals surface area (Å²) < 4.78 is 1.78. The number of para-hydroxylation sites is 1. The first kappa shape index (κ1) is 15.0. The minimum atomic E-state index is -0.124. The summed E-state index contributed by atoms with van der Waals surface area (Å²) in [4.78, 5) is 17.4. The Morgan fingerprint density at radius 2 is 1.86 bits per heavy atom. The van der Waals surface area contributed by atoms with Crippen molar-refractivity contribution in [2.75, 3.05) is 0 Å². The molecule has 116 valence electrons. The quantitative estimate of drug-likeness (QED) is 0.867. The number of hydrogen-bond donors (Lipinski definition) is 1. The molecule has 1 N–H and O–H groups in total. The fourth-order valence-electron chi connectivity index (χ4n) is 3.42. The Balaban J connectivity index is 2.11. The third kappa shape index (κ3) is 2.48. The van der Waals surface area contributed by atoms with Crippen molar-refractivity contribution in [3.63, 3.8) is 0 Å². The van der Waals surface area contributed by atoms with Gasteiger partial charge in [0.15, 0.2) is 0 Å². The lowest BCUT2D eigenvalue weighted by atomic mass is 9.96. The minimum absolute atomic E-state index is 0.0320. The lowest BCUT2D eigenvalue weighted by Crippen LogP contribution is -2.46. The van der Waals surface area contributed by atoms with Crippen LogP contribution in [-0.2, 0) is 6.54 Å². The molecule has 0 atom stereocenters. The van der Waals surface area contributed by atoms with E-state index >= 15 is 0 Å². The van der Waals surface area contributed by atoms with Gasteiger partial charge < -0.3 is 0 Å². The molecule has 22 heavy (non-hydrogen) atoms. The van der Waals surface area contributed by atoms with Crippen LogP contribution in [0.15, 0.2) is 40.7 Å². The van der Waals surface area contributed by atoms with Crippen molar-refractivity contribution in [3.05, 3.63) is 52.1 Å². The Kier molecular flexibility index (Phi) is 3.25. The zero-order chi connectivity index (χ0) is 16.1. The molecule has 2 heterocycles. The summed E-state index contributed by atoms with van der Waals surface area (Å²) in [5, 5.41) is 4.27. The van der Waals surface area contributed by atoms with E-state index in [2.05, 4.69) is 44.1 Å². The monoisotopic (exact) mass is 297 g/mol. The zero-order valence-electron chi connectivity index (χ0n) is 13.9. The highest BCUT2D eigenvalue weighted by molar-refractivity contribution is 5.77. The van der Waals surface area contributed by atoms with Crippen LogP contribution in [0.5, 0.6) is 0 Å². The summed E-state index contributed by atoms with van der Waals surface area (Å²) in [6.07, 6.45) is 2.23. The van der Waals surface area contributed by atoms with E-state index in [9.17, 15) is 4.79 Å². The van der Waals surface area contributed by atoms with E-state index in [1.54, 1.807) is 4.57 Å². The van der Waals surface area contributed by atoms with Crippen LogP contribution < -0.4 is 10.9 Å². The van der Waals surface area contributed by atoms with Crippen molar-refractivity contribution in [1.29, 1.82) is 0 Å². The van der Waals surface area contributed by atoms with Crippen molar-refractivity contribution in [2.24, 2.45) is 0 Å². The molecule has 1 aromatic carbocycles. The van der Waals surface area contributed by atoms with Crippen molar-refractivity contribution in [2.45, 2.75) is 52.2 Å². The molecule has 1 aliphatic rings. The second kappa shape index (κ2) is 4.78. The van der Waals surface area contributed by atoms with Crippen molar-refractivity contribution in [1.82, 2.24) is 14.9 Å². The van der Waals surface area contributed by atoms with Gasteiger partial charge in [-0.2, -0.15) is 0 Å². The number of benzene rings is 1. The smallest absolute Gasteiger partial charge is 0.261 e. The van der Waals surface area contributed by atoms with E-state index in [1.165, 1.54) is 5.57 Å². The fraction of sp³-hybridized carbons (Fsp3) is 0.444. The van der Waals surface area contributed by atoms with Gasteiger partial charge in [0.1, 0.15) is 5.82 Å². The Morgan fingerprint density at radius 1 is 1.18 bits per heavy atom. The molecule has 0 saturated carbocycles. The fourth-order valence-corrected chi connectivity index (χ4v) is 3.42. The lowest BCUT2D eigenvalue weighted by molar-refractivity contribution is 0.379. The summed E-state index contributed by atoms with van der Waals surface area (Å²) >= 11 is 0. The van der Waals surface area contributed by atoms with Crippen LogP contribution in [0, 0.1) is 6.92 Å². The topological polar surface area (TPSA) is 46.9 Å². The van der Waals surface area contributed by atoms with Crippen LogP contribution in [-0.4, -0.2) is 20.6 Å². The van der Waals surface area contributed by atoms with Crippen LogP contribution in [0.2, 0.25) is 0 Å². The van der Waals surface area contributed by atoms with Gasteiger partial charge in [0.2, 0.25) is 0 Å². The van der Waals surface area contributed by atoms with Gasteiger partial charge in [-0.25, -0.2) is 4.98 Å². The molecular weight excluding hydrogens is 274 g/mol. The van der Waals surface area contributed by atoms with Gasteiger partial charge in [0.25, 0.3) is 5.56 Å². The molecule has 0 spiro atoms. The second-order valence-corrected chi connectivity index (χ2v) is 7.21. The van der Waals surface area contributed by atoms with Gasteiger partial charge >= 0.3 is 0 Å². The van der Waals surface area contributed by atoms with Gasteiger partial charge in [-0.3, -0.25) is 14.7 Å². The highest BCUT2D eigenvalue weighted by Gasteiger charge is 2.36. The van der Waals surface area contributed by atoms with Crippen LogP contribution in [0.25, 0.3) is 10.9 Å². The van der Waals surface area contributed by atoms with Crippen LogP contribution in [0.1, 0.15) is 33.5 Å².